The fourth-order valence-corrected chi connectivity index (χ4v) is 4.13. The summed E-state index contributed by atoms with van der Waals surface area (Å²) in [6, 6.07) is 6.52. The number of nitrogens with two attached hydrogens (primary N) is 1. The third kappa shape index (κ3) is 3.11. The van der Waals surface area contributed by atoms with Crippen LogP contribution in [-0.4, -0.2) is 5.11 Å². The molecule has 4 nitrogen and oxygen atoms in total. The van der Waals surface area contributed by atoms with Gasteiger partial charge in [-0.2, -0.15) is 0 Å². The summed E-state index contributed by atoms with van der Waals surface area (Å²) >= 11 is 6.07. The fraction of sp³-hybridized carbons (Fsp3) is 0.286. The summed E-state index contributed by atoms with van der Waals surface area (Å²) in [6.45, 7) is 2.57. The van der Waals surface area contributed by atoms with E-state index >= 15 is 0 Å². The summed E-state index contributed by atoms with van der Waals surface area (Å²) in [4.78, 5) is 12.2. The first-order chi connectivity index (χ1) is 13.0. The predicted molar refractivity (Wildman–Crippen MR) is 102 cm³/mol. The first kappa shape index (κ1) is 18.0. The molecule has 0 unspecified atom stereocenters. The maximum atomic E-state index is 13.9. The standard InChI is InChI=1S/C21H19ClFNO3/c1-11-19(25)12(9-24-10-16-17(22)6-3-7-18(16)23)8-15-13-4-2-5-14(13)21(26)27-20(11)15/h3,6-8,24-25H,2,4-5,9-10H2,1H3/p+1. The molecule has 0 saturated carbocycles. The molecule has 0 saturated heterocycles. The van der Waals surface area contributed by atoms with Crippen molar-refractivity contribution in [2.75, 3.05) is 0 Å². The molecule has 0 amide bonds. The van der Waals surface area contributed by atoms with E-state index < -0.39 is 0 Å². The number of phenolic OH excluding ortho intramolecular Hbond substituents is 1. The molecule has 0 bridgehead atoms. The second-order valence-electron chi connectivity index (χ2n) is 6.98. The molecule has 1 aliphatic carbocycles. The maximum absolute atomic E-state index is 13.9. The van der Waals surface area contributed by atoms with Crippen LogP contribution in [0.1, 0.15) is 34.2 Å². The van der Waals surface area contributed by atoms with Crippen LogP contribution in [-0.2, 0) is 25.9 Å². The minimum Gasteiger partial charge on any atom is -0.507 e. The Morgan fingerprint density at radius 1 is 1.26 bits per heavy atom. The van der Waals surface area contributed by atoms with Gasteiger partial charge in [-0.15, -0.1) is 0 Å². The van der Waals surface area contributed by atoms with Gasteiger partial charge >= 0.3 is 5.63 Å². The van der Waals surface area contributed by atoms with E-state index in [0.29, 0.717) is 34.8 Å². The molecule has 4 rings (SSSR count). The van der Waals surface area contributed by atoms with Crippen molar-refractivity contribution in [1.29, 1.82) is 0 Å². The summed E-state index contributed by atoms with van der Waals surface area (Å²) in [6.07, 6.45) is 2.52. The van der Waals surface area contributed by atoms with Crippen molar-refractivity contribution in [2.45, 2.75) is 39.3 Å². The quantitative estimate of drug-likeness (QED) is 0.673. The van der Waals surface area contributed by atoms with Gasteiger partial charge in [0.2, 0.25) is 0 Å². The zero-order valence-electron chi connectivity index (χ0n) is 14.9. The van der Waals surface area contributed by atoms with Crippen LogP contribution < -0.4 is 10.9 Å². The number of fused-ring (bicyclic) bond motifs is 3. The van der Waals surface area contributed by atoms with Gasteiger partial charge in [0.05, 0.1) is 10.6 Å². The Labute approximate surface area is 160 Å². The van der Waals surface area contributed by atoms with Gasteiger partial charge in [0.25, 0.3) is 0 Å². The lowest BCUT2D eigenvalue weighted by molar-refractivity contribution is -0.686. The topological polar surface area (TPSA) is 67.1 Å². The van der Waals surface area contributed by atoms with Gasteiger partial charge in [0.1, 0.15) is 30.2 Å². The Bertz CT molecular complexity index is 1090. The SMILES string of the molecule is Cc1c(O)c(C[NH2+]Cc2c(F)cccc2Cl)cc2c3c(c(=O)oc12)CCC3. The van der Waals surface area contributed by atoms with Crippen LogP contribution in [0.25, 0.3) is 11.0 Å². The molecule has 1 heterocycles. The molecular weight excluding hydrogens is 369 g/mol. The second kappa shape index (κ2) is 6.98. The molecule has 1 aliphatic rings. The van der Waals surface area contributed by atoms with E-state index in [9.17, 15) is 14.3 Å². The molecule has 140 valence electrons. The predicted octanol–water partition coefficient (Wildman–Crippen LogP) is 3.35. The van der Waals surface area contributed by atoms with E-state index in [4.69, 9.17) is 16.0 Å². The molecule has 0 atom stereocenters. The van der Waals surface area contributed by atoms with Crippen LogP contribution in [0, 0.1) is 12.7 Å². The molecule has 1 aromatic heterocycles. The number of benzene rings is 2. The van der Waals surface area contributed by atoms with Crippen molar-refractivity contribution in [3.8, 4) is 5.75 Å². The largest absolute Gasteiger partial charge is 0.507 e. The lowest BCUT2D eigenvalue weighted by atomic mass is 10.00. The maximum Gasteiger partial charge on any atom is 0.339 e. The van der Waals surface area contributed by atoms with Crippen molar-refractivity contribution >= 4 is 22.6 Å². The number of phenols is 1. The highest BCUT2D eigenvalue weighted by Gasteiger charge is 2.23. The number of hydrogen-bond acceptors (Lipinski definition) is 3. The third-order valence-electron chi connectivity index (χ3n) is 5.32. The normalized spacial score (nSPS) is 13.3. The number of halogens is 2. The van der Waals surface area contributed by atoms with E-state index in [1.165, 1.54) is 6.07 Å². The molecule has 0 fully saturated rings. The molecule has 6 heteroatoms. The summed E-state index contributed by atoms with van der Waals surface area (Å²) < 4.78 is 19.4. The lowest BCUT2D eigenvalue weighted by Crippen LogP contribution is -2.80. The number of aryl methyl sites for hydroxylation is 2. The molecular formula is C21H20ClFNO3+. The van der Waals surface area contributed by atoms with Crippen LogP contribution in [0.4, 0.5) is 4.39 Å². The van der Waals surface area contributed by atoms with Gasteiger partial charge in [-0.1, -0.05) is 17.7 Å². The fourth-order valence-electron chi connectivity index (χ4n) is 3.89. The summed E-state index contributed by atoms with van der Waals surface area (Å²) in [5.74, 6) is -0.225. The van der Waals surface area contributed by atoms with Crippen molar-refractivity contribution in [2.24, 2.45) is 0 Å². The van der Waals surface area contributed by atoms with Crippen molar-refractivity contribution < 1.29 is 19.2 Å². The summed E-state index contributed by atoms with van der Waals surface area (Å²) in [5.41, 5.74) is 3.68. The highest BCUT2D eigenvalue weighted by atomic mass is 35.5. The van der Waals surface area contributed by atoms with E-state index in [2.05, 4.69) is 0 Å². The zero-order chi connectivity index (χ0) is 19.1. The zero-order valence-corrected chi connectivity index (χ0v) is 15.7. The highest BCUT2D eigenvalue weighted by molar-refractivity contribution is 6.31. The van der Waals surface area contributed by atoms with Crippen LogP contribution >= 0.6 is 11.6 Å². The monoisotopic (exact) mass is 388 g/mol. The third-order valence-corrected chi connectivity index (χ3v) is 5.68. The molecule has 27 heavy (non-hydrogen) atoms. The Kier molecular flexibility index (Phi) is 4.66. The van der Waals surface area contributed by atoms with E-state index in [-0.39, 0.29) is 17.2 Å². The molecule has 0 aliphatic heterocycles. The molecule has 0 spiro atoms. The second-order valence-corrected chi connectivity index (χ2v) is 7.39. The highest BCUT2D eigenvalue weighted by Crippen LogP contribution is 2.35. The van der Waals surface area contributed by atoms with Gasteiger partial charge in [-0.25, -0.2) is 9.18 Å². The average molecular weight is 389 g/mol. The van der Waals surface area contributed by atoms with Crippen LogP contribution in [0.5, 0.6) is 5.75 Å². The van der Waals surface area contributed by atoms with Crippen molar-refractivity contribution in [3.05, 3.63) is 73.3 Å². The first-order valence-electron chi connectivity index (χ1n) is 9.02. The molecule has 2 aromatic carbocycles. The lowest BCUT2D eigenvalue weighted by Gasteiger charge is -2.12. The van der Waals surface area contributed by atoms with Gasteiger partial charge in [-0.3, -0.25) is 0 Å². The molecule has 3 aromatic rings. The number of hydrogen-bond donors (Lipinski definition) is 2. The Hall–Kier alpha value is -2.37. The smallest absolute Gasteiger partial charge is 0.339 e. The van der Waals surface area contributed by atoms with Crippen molar-refractivity contribution in [1.82, 2.24) is 0 Å². The number of aromatic hydroxyl groups is 1. The average Bonchev–Trinajstić information content (AvgIpc) is 3.13. The van der Waals surface area contributed by atoms with Crippen LogP contribution in [0.15, 0.2) is 33.5 Å². The van der Waals surface area contributed by atoms with E-state index in [0.717, 1.165) is 41.3 Å². The van der Waals surface area contributed by atoms with Gasteiger partial charge in [0.15, 0.2) is 0 Å². The Morgan fingerprint density at radius 2 is 2.04 bits per heavy atom. The van der Waals surface area contributed by atoms with Crippen molar-refractivity contribution in [3.63, 3.8) is 0 Å². The summed E-state index contributed by atoms with van der Waals surface area (Å²) in [5, 5.41) is 13.7. The molecule has 0 radical (unpaired) electrons. The number of rotatable bonds is 4. The van der Waals surface area contributed by atoms with Crippen LogP contribution in [0.2, 0.25) is 5.02 Å². The number of quaternary nitrogens is 1. The first-order valence-corrected chi connectivity index (χ1v) is 9.39. The van der Waals surface area contributed by atoms with Gasteiger partial charge in [0, 0.05) is 22.1 Å². The Morgan fingerprint density at radius 3 is 2.81 bits per heavy atom. The minimum absolute atomic E-state index is 0.111. The summed E-state index contributed by atoms with van der Waals surface area (Å²) in [7, 11) is 0. The van der Waals surface area contributed by atoms with Crippen LogP contribution in [0.3, 0.4) is 0 Å². The minimum atomic E-state index is -0.336. The van der Waals surface area contributed by atoms with E-state index in [1.54, 1.807) is 19.1 Å². The van der Waals surface area contributed by atoms with E-state index in [1.807, 2.05) is 11.4 Å². The molecule has 3 N–H and O–H groups in total. The van der Waals surface area contributed by atoms with Gasteiger partial charge in [-0.05, 0) is 49.9 Å². The van der Waals surface area contributed by atoms with Gasteiger partial charge < -0.3 is 14.8 Å². The Balaban J connectivity index is 1.67.